The summed E-state index contributed by atoms with van der Waals surface area (Å²) < 4.78 is 0. The van der Waals surface area contributed by atoms with E-state index >= 15 is 0 Å². The van der Waals surface area contributed by atoms with E-state index in [0.29, 0.717) is 6.04 Å². The number of nitrogens with one attached hydrogen (secondary N) is 1. The third-order valence-electron chi connectivity index (χ3n) is 4.21. The summed E-state index contributed by atoms with van der Waals surface area (Å²) in [6.45, 7) is 3.38. The van der Waals surface area contributed by atoms with E-state index in [0.717, 1.165) is 12.5 Å². The average molecular weight is 277 g/mol. The lowest BCUT2D eigenvalue weighted by Gasteiger charge is -2.32. The van der Waals surface area contributed by atoms with Gasteiger partial charge < -0.3 is 5.32 Å². The van der Waals surface area contributed by atoms with Crippen LogP contribution in [0.25, 0.3) is 0 Å². The highest BCUT2D eigenvalue weighted by Gasteiger charge is 2.25. The molecule has 1 aromatic carbocycles. The smallest absolute Gasteiger partial charge is 0.0359 e. The van der Waals surface area contributed by atoms with Crippen molar-refractivity contribution in [3.63, 3.8) is 0 Å². The Labute approximate surface area is 122 Å². The maximum absolute atomic E-state index is 3.82. The molecule has 0 amide bonds. The molecule has 1 aromatic rings. The fourth-order valence-electron chi connectivity index (χ4n) is 3.22. The van der Waals surface area contributed by atoms with Crippen LogP contribution in [-0.4, -0.2) is 12.8 Å². The quantitative estimate of drug-likeness (QED) is 0.732. The molecule has 0 aromatic heterocycles. The van der Waals surface area contributed by atoms with Gasteiger partial charge in [-0.3, -0.25) is 0 Å². The molecule has 0 bridgehead atoms. The first kappa shape index (κ1) is 14.9. The highest BCUT2D eigenvalue weighted by molar-refractivity contribution is 7.98. The van der Waals surface area contributed by atoms with Crippen LogP contribution in [0.4, 0.5) is 0 Å². The fraction of sp³-hybridized carbons (Fsp3) is 0.647. The van der Waals surface area contributed by atoms with E-state index in [2.05, 4.69) is 42.8 Å². The summed E-state index contributed by atoms with van der Waals surface area (Å²) in [7, 11) is 0. The average Bonchev–Trinajstić information content (AvgIpc) is 2.49. The number of benzene rings is 1. The molecule has 1 atom stereocenters. The number of rotatable bonds is 6. The van der Waals surface area contributed by atoms with Gasteiger partial charge in [-0.25, -0.2) is 0 Å². The Hall–Kier alpha value is -0.470. The van der Waals surface area contributed by atoms with Crippen LogP contribution in [0.15, 0.2) is 29.2 Å². The van der Waals surface area contributed by atoms with Crippen LogP contribution >= 0.6 is 11.8 Å². The van der Waals surface area contributed by atoms with Gasteiger partial charge >= 0.3 is 0 Å². The molecule has 0 spiro atoms. The summed E-state index contributed by atoms with van der Waals surface area (Å²) in [6, 6.07) is 9.51. The minimum Gasteiger partial charge on any atom is -0.310 e. The molecule has 1 unspecified atom stereocenters. The minimum atomic E-state index is 0.559. The van der Waals surface area contributed by atoms with Gasteiger partial charge in [0.2, 0.25) is 0 Å². The van der Waals surface area contributed by atoms with Gasteiger partial charge in [0.25, 0.3) is 0 Å². The molecule has 1 nitrogen and oxygen atoms in total. The monoisotopic (exact) mass is 277 g/mol. The van der Waals surface area contributed by atoms with Gasteiger partial charge in [0.15, 0.2) is 0 Å². The standard InChI is InChI=1S/C17H27NS/c1-3-13-18-17(14-9-5-4-6-10-14)15-11-7-8-12-16(15)19-2/h7-8,11-12,14,17-18H,3-6,9-10,13H2,1-2H3. The summed E-state index contributed by atoms with van der Waals surface area (Å²) in [5.74, 6) is 0.827. The molecule has 1 aliphatic carbocycles. The zero-order valence-electron chi connectivity index (χ0n) is 12.3. The molecule has 0 aliphatic heterocycles. The lowest BCUT2D eigenvalue weighted by Crippen LogP contribution is -2.30. The predicted octanol–water partition coefficient (Wildman–Crippen LogP) is 5.03. The van der Waals surface area contributed by atoms with Crippen LogP contribution in [0.5, 0.6) is 0 Å². The third kappa shape index (κ3) is 4.00. The molecular weight excluding hydrogens is 250 g/mol. The molecule has 19 heavy (non-hydrogen) atoms. The molecule has 106 valence electrons. The second kappa shape index (κ2) is 7.96. The van der Waals surface area contributed by atoms with E-state index in [1.165, 1.54) is 49.0 Å². The van der Waals surface area contributed by atoms with Crippen molar-refractivity contribution in [2.75, 3.05) is 12.8 Å². The van der Waals surface area contributed by atoms with Crippen molar-refractivity contribution in [2.45, 2.75) is 56.4 Å². The van der Waals surface area contributed by atoms with E-state index in [4.69, 9.17) is 0 Å². The SMILES string of the molecule is CCCNC(c1ccccc1SC)C1CCCCC1. The van der Waals surface area contributed by atoms with Gasteiger partial charge in [-0.1, -0.05) is 44.4 Å². The lowest BCUT2D eigenvalue weighted by atomic mass is 9.81. The zero-order chi connectivity index (χ0) is 13.5. The summed E-state index contributed by atoms with van der Waals surface area (Å²) in [5.41, 5.74) is 1.52. The van der Waals surface area contributed by atoms with Crippen LogP contribution < -0.4 is 5.32 Å². The second-order valence-corrected chi connectivity index (χ2v) is 6.42. The lowest BCUT2D eigenvalue weighted by molar-refractivity contribution is 0.269. The summed E-state index contributed by atoms with van der Waals surface area (Å²) in [6.07, 6.45) is 10.4. The molecule has 1 N–H and O–H groups in total. The summed E-state index contributed by atoms with van der Waals surface area (Å²) in [4.78, 5) is 1.45. The molecule has 2 heteroatoms. The normalized spacial score (nSPS) is 18.4. The molecule has 1 aliphatic rings. The Bertz CT molecular complexity index is 371. The van der Waals surface area contributed by atoms with Crippen molar-refractivity contribution in [1.82, 2.24) is 5.32 Å². The van der Waals surface area contributed by atoms with E-state index in [1.54, 1.807) is 0 Å². The fourth-order valence-corrected chi connectivity index (χ4v) is 3.87. The first-order valence-corrected chi connectivity index (χ1v) is 8.95. The maximum Gasteiger partial charge on any atom is 0.0359 e. The van der Waals surface area contributed by atoms with Gasteiger partial charge in [0.1, 0.15) is 0 Å². The zero-order valence-corrected chi connectivity index (χ0v) is 13.1. The third-order valence-corrected chi connectivity index (χ3v) is 5.02. The highest BCUT2D eigenvalue weighted by Crippen LogP contribution is 2.37. The first-order valence-electron chi connectivity index (χ1n) is 7.73. The van der Waals surface area contributed by atoms with E-state index in [9.17, 15) is 0 Å². The maximum atomic E-state index is 3.82. The van der Waals surface area contributed by atoms with Crippen LogP contribution in [-0.2, 0) is 0 Å². The largest absolute Gasteiger partial charge is 0.310 e. The summed E-state index contributed by atoms with van der Waals surface area (Å²) >= 11 is 1.88. The predicted molar refractivity (Wildman–Crippen MR) is 85.8 cm³/mol. The van der Waals surface area contributed by atoms with Gasteiger partial charge in [-0.05, 0) is 49.6 Å². The molecule has 0 radical (unpaired) electrons. The van der Waals surface area contributed by atoms with Gasteiger partial charge in [0.05, 0.1) is 0 Å². The van der Waals surface area contributed by atoms with Crippen molar-refractivity contribution in [3.05, 3.63) is 29.8 Å². The molecular formula is C17H27NS. The van der Waals surface area contributed by atoms with Crippen molar-refractivity contribution in [3.8, 4) is 0 Å². The van der Waals surface area contributed by atoms with E-state index in [1.807, 2.05) is 11.8 Å². The van der Waals surface area contributed by atoms with Crippen molar-refractivity contribution in [1.29, 1.82) is 0 Å². The van der Waals surface area contributed by atoms with E-state index < -0.39 is 0 Å². The van der Waals surface area contributed by atoms with Crippen LogP contribution in [0, 0.1) is 5.92 Å². The van der Waals surface area contributed by atoms with Crippen molar-refractivity contribution < 1.29 is 0 Å². The Morgan fingerprint density at radius 2 is 1.95 bits per heavy atom. The van der Waals surface area contributed by atoms with Crippen molar-refractivity contribution in [2.24, 2.45) is 5.92 Å². The number of hydrogen-bond donors (Lipinski definition) is 1. The molecule has 1 saturated carbocycles. The molecule has 0 saturated heterocycles. The van der Waals surface area contributed by atoms with Crippen LogP contribution in [0.3, 0.4) is 0 Å². The van der Waals surface area contributed by atoms with Crippen molar-refractivity contribution >= 4 is 11.8 Å². The Kier molecular flexibility index (Phi) is 6.25. The highest BCUT2D eigenvalue weighted by atomic mass is 32.2. The Morgan fingerprint density at radius 3 is 2.63 bits per heavy atom. The number of thioether (sulfide) groups is 1. The molecule has 0 heterocycles. The van der Waals surface area contributed by atoms with E-state index in [-0.39, 0.29) is 0 Å². The Morgan fingerprint density at radius 1 is 1.21 bits per heavy atom. The minimum absolute atomic E-state index is 0.559. The number of hydrogen-bond acceptors (Lipinski definition) is 2. The molecule has 2 rings (SSSR count). The first-order chi connectivity index (χ1) is 9.36. The second-order valence-electron chi connectivity index (χ2n) is 5.57. The van der Waals surface area contributed by atoms with Crippen LogP contribution in [0.1, 0.15) is 57.1 Å². The topological polar surface area (TPSA) is 12.0 Å². The summed E-state index contributed by atoms with van der Waals surface area (Å²) in [5, 5.41) is 3.82. The van der Waals surface area contributed by atoms with Crippen LogP contribution in [0.2, 0.25) is 0 Å². The van der Waals surface area contributed by atoms with Gasteiger partial charge in [0, 0.05) is 10.9 Å². The Balaban J connectivity index is 2.19. The van der Waals surface area contributed by atoms with Gasteiger partial charge in [-0.15, -0.1) is 11.8 Å². The molecule has 1 fully saturated rings. The van der Waals surface area contributed by atoms with Gasteiger partial charge in [-0.2, -0.15) is 0 Å².